The molecule has 0 unspecified atom stereocenters. The van der Waals surface area contributed by atoms with E-state index in [-0.39, 0.29) is 5.69 Å². The molecule has 0 saturated carbocycles. The summed E-state index contributed by atoms with van der Waals surface area (Å²) in [5, 5.41) is 2.16. The van der Waals surface area contributed by atoms with Crippen LogP contribution in [0, 0.1) is 11.6 Å². The number of hydrogen-bond acceptors (Lipinski definition) is 3. The van der Waals surface area contributed by atoms with Gasteiger partial charge in [-0.25, -0.2) is 19.0 Å². The summed E-state index contributed by atoms with van der Waals surface area (Å²) in [7, 11) is 0. The zero-order valence-electron chi connectivity index (χ0n) is 14.1. The van der Waals surface area contributed by atoms with Crippen LogP contribution in [0.1, 0.15) is 30.1 Å². The van der Waals surface area contributed by atoms with Crippen molar-refractivity contribution in [2.24, 2.45) is 0 Å². The Balaban J connectivity index is 1.82. The van der Waals surface area contributed by atoms with Gasteiger partial charge in [-0.1, -0.05) is 13.3 Å². The van der Waals surface area contributed by atoms with Crippen molar-refractivity contribution >= 4 is 17.6 Å². The number of ether oxygens (including phenoxy) is 1. The van der Waals surface area contributed by atoms with Crippen LogP contribution in [0.4, 0.5) is 19.3 Å². The largest absolute Gasteiger partial charge is 0.494 e. The van der Waals surface area contributed by atoms with Gasteiger partial charge in [-0.3, -0.25) is 10.2 Å². The van der Waals surface area contributed by atoms with Gasteiger partial charge in [0.25, 0.3) is 5.91 Å². The normalized spacial score (nSPS) is 10.1. The summed E-state index contributed by atoms with van der Waals surface area (Å²) in [6.07, 6.45) is 1.96. The molecule has 2 aromatic carbocycles. The average Bonchev–Trinajstić information content (AvgIpc) is 2.63. The molecule has 26 heavy (non-hydrogen) atoms. The number of hydrazine groups is 1. The van der Waals surface area contributed by atoms with Crippen LogP contribution in [0.2, 0.25) is 0 Å². The average molecular weight is 363 g/mol. The number of anilines is 1. The van der Waals surface area contributed by atoms with E-state index in [1.54, 1.807) is 24.3 Å². The fourth-order valence-electron chi connectivity index (χ4n) is 1.97. The SMILES string of the molecule is CCCCOc1ccc(C(=O)NNC(=O)Nc2ccc(F)cc2F)cc1. The molecule has 0 aliphatic heterocycles. The topological polar surface area (TPSA) is 79.5 Å². The number of rotatable bonds is 6. The third-order valence-corrected chi connectivity index (χ3v) is 3.35. The molecule has 138 valence electrons. The number of urea groups is 1. The monoisotopic (exact) mass is 363 g/mol. The Hall–Kier alpha value is -3.16. The molecular weight excluding hydrogens is 344 g/mol. The number of amides is 3. The van der Waals surface area contributed by atoms with Crippen LogP contribution in [0.15, 0.2) is 42.5 Å². The summed E-state index contributed by atoms with van der Waals surface area (Å²) >= 11 is 0. The van der Waals surface area contributed by atoms with E-state index in [0.29, 0.717) is 24.0 Å². The zero-order chi connectivity index (χ0) is 18.9. The van der Waals surface area contributed by atoms with Crippen molar-refractivity contribution in [3.63, 3.8) is 0 Å². The Morgan fingerprint density at radius 1 is 1.04 bits per heavy atom. The summed E-state index contributed by atoms with van der Waals surface area (Å²) in [6, 6.07) is 8.25. The predicted octanol–water partition coefficient (Wildman–Crippen LogP) is 3.61. The van der Waals surface area contributed by atoms with Gasteiger partial charge in [0.15, 0.2) is 0 Å². The number of nitrogens with one attached hydrogen (secondary N) is 3. The minimum absolute atomic E-state index is 0.216. The molecule has 0 fully saturated rings. The van der Waals surface area contributed by atoms with Crippen LogP contribution in [0.3, 0.4) is 0 Å². The van der Waals surface area contributed by atoms with Crippen LogP contribution in [0.5, 0.6) is 5.75 Å². The van der Waals surface area contributed by atoms with E-state index in [4.69, 9.17) is 4.74 Å². The molecular formula is C18H19F2N3O3. The standard InChI is InChI=1S/C18H19F2N3O3/c1-2-3-10-26-14-7-4-12(5-8-14)17(24)22-23-18(25)21-16-9-6-13(19)11-15(16)20/h4-9,11H,2-3,10H2,1H3,(H,22,24)(H2,21,23,25). The highest BCUT2D eigenvalue weighted by atomic mass is 19.1. The van der Waals surface area contributed by atoms with Gasteiger partial charge in [0.1, 0.15) is 17.4 Å². The van der Waals surface area contributed by atoms with Crippen molar-refractivity contribution in [2.45, 2.75) is 19.8 Å². The molecule has 0 atom stereocenters. The first kappa shape index (κ1) is 19.2. The van der Waals surface area contributed by atoms with Crippen molar-refractivity contribution < 1.29 is 23.1 Å². The molecule has 6 nitrogen and oxygen atoms in total. The van der Waals surface area contributed by atoms with Gasteiger partial charge in [-0.05, 0) is 42.8 Å². The molecule has 0 aliphatic rings. The Labute approximate surface area is 149 Å². The lowest BCUT2D eigenvalue weighted by Crippen LogP contribution is -2.44. The Morgan fingerprint density at radius 2 is 1.77 bits per heavy atom. The molecule has 3 amide bonds. The third-order valence-electron chi connectivity index (χ3n) is 3.35. The van der Waals surface area contributed by atoms with Gasteiger partial charge in [-0.2, -0.15) is 0 Å². The van der Waals surface area contributed by atoms with Crippen molar-refractivity contribution in [3.8, 4) is 5.75 Å². The molecule has 0 aromatic heterocycles. The maximum Gasteiger partial charge on any atom is 0.338 e. The minimum Gasteiger partial charge on any atom is -0.494 e. The molecule has 3 N–H and O–H groups in total. The predicted molar refractivity (Wildman–Crippen MR) is 92.8 cm³/mol. The van der Waals surface area contributed by atoms with Crippen molar-refractivity contribution in [3.05, 3.63) is 59.7 Å². The number of carbonyl (C=O) groups is 2. The smallest absolute Gasteiger partial charge is 0.338 e. The molecule has 8 heteroatoms. The number of benzene rings is 2. The van der Waals surface area contributed by atoms with E-state index in [1.807, 2.05) is 0 Å². The van der Waals surface area contributed by atoms with Gasteiger partial charge in [0, 0.05) is 11.6 Å². The number of hydrogen-bond donors (Lipinski definition) is 3. The first-order valence-electron chi connectivity index (χ1n) is 8.05. The van der Waals surface area contributed by atoms with Gasteiger partial charge in [0.05, 0.1) is 12.3 Å². The highest BCUT2D eigenvalue weighted by molar-refractivity contribution is 5.97. The van der Waals surface area contributed by atoms with Gasteiger partial charge in [0.2, 0.25) is 0 Å². The van der Waals surface area contributed by atoms with Crippen LogP contribution in [-0.2, 0) is 0 Å². The molecule has 0 radical (unpaired) electrons. The maximum atomic E-state index is 13.4. The van der Waals surface area contributed by atoms with Gasteiger partial charge in [-0.15, -0.1) is 0 Å². The third kappa shape index (κ3) is 5.73. The quantitative estimate of drug-likeness (QED) is 0.542. The Kier molecular flexibility index (Phi) is 6.90. The minimum atomic E-state index is -0.926. The highest BCUT2D eigenvalue weighted by Crippen LogP contribution is 2.15. The zero-order valence-corrected chi connectivity index (χ0v) is 14.1. The summed E-state index contributed by atoms with van der Waals surface area (Å²) in [5.41, 5.74) is 4.36. The first-order valence-corrected chi connectivity index (χ1v) is 8.05. The second-order valence-electron chi connectivity index (χ2n) is 5.38. The highest BCUT2D eigenvalue weighted by Gasteiger charge is 2.10. The van der Waals surface area contributed by atoms with Crippen molar-refractivity contribution in [2.75, 3.05) is 11.9 Å². The number of unbranched alkanes of at least 4 members (excludes halogenated alkanes) is 1. The molecule has 2 aromatic rings. The van der Waals surface area contributed by atoms with Crippen molar-refractivity contribution in [1.82, 2.24) is 10.9 Å². The van der Waals surface area contributed by atoms with E-state index in [9.17, 15) is 18.4 Å². The van der Waals surface area contributed by atoms with Crippen LogP contribution >= 0.6 is 0 Å². The second kappa shape index (κ2) is 9.36. The summed E-state index contributed by atoms with van der Waals surface area (Å²) in [6.45, 7) is 2.66. The van der Waals surface area contributed by atoms with Gasteiger partial charge >= 0.3 is 6.03 Å². The van der Waals surface area contributed by atoms with E-state index >= 15 is 0 Å². The lowest BCUT2D eigenvalue weighted by atomic mass is 10.2. The van der Waals surface area contributed by atoms with Crippen LogP contribution in [-0.4, -0.2) is 18.5 Å². The van der Waals surface area contributed by atoms with Crippen LogP contribution < -0.4 is 20.9 Å². The molecule has 0 spiro atoms. The van der Waals surface area contributed by atoms with E-state index in [1.165, 1.54) is 0 Å². The molecule has 0 bridgehead atoms. The Morgan fingerprint density at radius 3 is 2.42 bits per heavy atom. The fourth-order valence-corrected chi connectivity index (χ4v) is 1.97. The summed E-state index contributed by atoms with van der Waals surface area (Å²) < 4.78 is 31.7. The first-order chi connectivity index (χ1) is 12.5. The Bertz CT molecular complexity index is 767. The fraction of sp³-hybridized carbons (Fsp3) is 0.222. The van der Waals surface area contributed by atoms with Crippen molar-refractivity contribution in [1.29, 1.82) is 0 Å². The second-order valence-corrected chi connectivity index (χ2v) is 5.38. The summed E-state index contributed by atoms with van der Waals surface area (Å²) in [4.78, 5) is 23.6. The lowest BCUT2D eigenvalue weighted by Gasteiger charge is -2.10. The van der Waals surface area contributed by atoms with Gasteiger partial charge < -0.3 is 10.1 Å². The number of carbonyl (C=O) groups excluding carboxylic acids is 2. The number of halogens is 2. The molecule has 0 aliphatic carbocycles. The van der Waals surface area contributed by atoms with E-state index in [2.05, 4.69) is 23.1 Å². The van der Waals surface area contributed by atoms with E-state index < -0.39 is 23.6 Å². The van der Waals surface area contributed by atoms with E-state index in [0.717, 1.165) is 25.0 Å². The summed E-state index contributed by atoms with van der Waals surface area (Å²) in [5.74, 6) is -1.60. The maximum absolute atomic E-state index is 13.4. The molecule has 0 saturated heterocycles. The lowest BCUT2D eigenvalue weighted by molar-refractivity contribution is 0.0938. The molecule has 0 heterocycles. The molecule has 2 rings (SSSR count). The van der Waals surface area contributed by atoms with Crippen LogP contribution in [0.25, 0.3) is 0 Å².